The van der Waals surface area contributed by atoms with E-state index < -0.39 is 17.2 Å². The van der Waals surface area contributed by atoms with Crippen molar-refractivity contribution in [2.45, 2.75) is 20.4 Å². The number of fused-ring (bicyclic) bond motifs is 1. The molecule has 0 bridgehead atoms. The molecule has 1 N–H and O–H groups in total. The third kappa shape index (κ3) is 4.14. The maximum Gasteiger partial charge on any atom is 0.336 e. The van der Waals surface area contributed by atoms with Crippen LogP contribution in [0.2, 0.25) is 0 Å². The van der Waals surface area contributed by atoms with E-state index in [0.717, 1.165) is 15.7 Å². The fourth-order valence-corrected chi connectivity index (χ4v) is 4.41. The number of hydrogen-bond donors (Lipinski definition) is 1. The Morgan fingerprint density at radius 3 is 2.42 bits per heavy atom. The normalized spacial score (nSPS) is 10.9. The van der Waals surface area contributed by atoms with Crippen molar-refractivity contribution in [2.75, 3.05) is 19.5 Å². The number of rotatable bonds is 6. The van der Waals surface area contributed by atoms with Gasteiger partial charge in [-0.15, -0.1) is 11.3 Å². The van der Waals surface area contributed by atoms with Crippen LogP contribution in [0.1, 0.15) is 11.1 Å². The second-order valence-corrected chi connectivity index (χ2v) is 8.45. The molecule has 33 heavy (non-hydrogen) atoms. The summed E-state index contributed by atoms with van der Waals surface area (Å²) >= 11 is 1.24. The van der Waals surface area contributed by atoms with Crippen LogP contribution in [0, 0.1) is 13.8 Å². The number of thiophene rings is 1. The first-order valence-corrected chi connectivity index (χ1v) is 11.0. The van der Waals surface area contributed by atoms with Crippen LogP contribution in [0.3, 0.4) is 0 Å². The summed E-state index contributed by atoms with van der Waals surface area (Å²) in [5, 5.41) is 4.51. The first-order chi connectivity index (χ1) is 15.8. The fourth-order valence-electron chi connectivity index (χ4n) is 3.59. The number of benzene rings is 2. The molecule has 9 heteroatoms. The SMILES string of the molecule is COc1ccc(NC(=O)Cn2c(=O)n(-c3ccc(C)c(C)c3)c(=O)c3sccc32)cc1OC. The minimum Gasteiger partial charge on any atom is -0.493 e. The number of anilines is 1. The van der Waals surface area contributed by atoms with Gasteiger partial charge < -0.3 is 14.8 Å². The first-order valence-electron chi connectivity index (χ1n) is 10.2. The number of aromatic nitrogens is 2. The molecule has 0 aliphatic carbocycles. The number of hydrogen-bond acceptors (Lipinski definition) is 6. The zero-order chi connectivity index (χ0) is 23.7. The highest BCUT2D eigenvalue weighted by Crippen LogP contribution is 2.29. The van der Waals surface area contributed by atoms with Crippen molar-refractivity contribution in [1.29, 1.82) is 0 Å². The highest BCUT2D eigenvalue weighted by atomic mass is 32.1. The van der Waals surface area contributed by atoms with Crippen LogP contribution in [0.25, 0.3) is 15.9 Å². The molecule has 0 spiro atoms. The van der Waals surface area contributed by atoms with Crippen molar-refractivity contribution in [3.8, 4) is 17.2 Å². The summed E-state index contributed by atoms with van der Waals surface area (Å²) in [4.78, 5) is 39.3. The van der Waals surface area contributed by atoms with E-state index in [-0.39, 0.29) is 6.54 Å². The Morgan fingerprint density at radius 1 is 0.970 bits per heavy atom. The van der Waals surface area contributed by atoms with Crippen molar-refractivity contribution in [3.05, 3.63) is 79.8 Å². The Kier molecular flexibility index (Phi) is 6.06. The molecule has 1 amide bonds. The lowest BCUT2D eigenvalue weighted by atomic mass is 10.1. The molecule has 2 heterocycles. The largest absolute Gasteiger partial charge is 0.493 e. The number of nitrogens with one attached hydrogen (secondary N) is 1. The summed E-state index contributed by atoms with van der Waals surface area (Å²) in [7, 11) is 3.03. The molecule has 4 aromatic rings. The number of carbonyl (C=O) groups is 1. The Bertz CT molecular complexity index is 1480. The number of nitrogens with zero attached hydrogens (tertiary/aromatic N) is 2. The topological polar surface area (TPSA) is 91.6 Å². The van der Waals surface area contributed by atoms with Crippen LogP contribution in [-0.4, -0.2) is 29.3 Å². The smallest absolute Gasteiger partial charge is 0.336 e. The number of amides is 1. The Balaban J connectivity index is 1.74. The van der Waals surface area contributed by atoms with E-state index in [4.69, 9.17) is 9.47 Å². The average molecular weight is 466 g/mol. The summed E-state index contributed by atoms with van der Waals surface area (Å²) in [5.41, 5.74) is 2.44. The van der Waals surface area contributed by atoms with Gasteiger partial charge >= 0.3 is 5.69 Å². The molecule has 0 saturated heterocycles. The zero-order valence-electron chi connectivity index (χ0n) is 18.7. The van der Waals surface area contributed by atoms with Crippen molar-refractivity contribution in [3.63, 3.8) is 0 Å². The molecule has 0 radical (unpaired) electrons. The molecule has 0 aliphatic heterocycles. The lowest BCUT2D eigenvalue weighted by molar-refractivity contribution is -0.116. The van der Waals surface area contributed by atoms with Gasteiger partial charge in [-0.1, -0.05) is 6.07 Å². The Morgan fingerprint density at radius 2 is 1.73 bits per heavy atom. The number of carbonyl (C=O) groups excluding carboxylic acids is 1. The van der Waals surface area contributed by atoms with Crippen molar-refractivity contribution >= 4 is 33.1 Å². The molecule has 0 unspecified atom stereocenters. The molecular formula is C24H23N3O5S. The summed E-state index contributed by atoms with van der Waals surface area (Å²) in [6, 6.07) is 12.1. The van der Waals surface area contributed by atoms with Crippen molar-refractivity contribution < 1.29 is 14.3 Å². The summed E-state index contributed by atoms with van der Waals surface area (Å²) in [5.74, 6) is 0.588. The molecule has 170 valence electrons. The van der Waals surface area contributed by atoms with Gasteiger partial charge in [0.2, 0.25) is 5.91 Å². The van der Waals surface area contributed by atoms with E-state index in [2.05, 4.69) is 5.32 Å². The van der Waals surface area contributed by atoms with E-state index >= 15 is 0 Å². The summed E-state index contributed by atoms with van der Waals surface area (Å²) < 4.78 is 13.3. The molecule has 0 saturated carbocycles. The molecule has 8 nitrogen and oxygen atoms in total. The second-order valence-electron chi connectivity index (χ2n) is 7.53. The number of aryl methyl sites for hydroxylation is 2. The minimum absolute atomic E-state index is 0.258. The summed E-state index contributed by atoms with van der Waals surface area (Å²) in [6.07, 6.45) is 0. The summed E-state index contributed by atoms with van der Waals surface area (Å²) in [6.45, 7) is 3.62. The van der Waals surface area contributed by atoms with Gasteiger partial charge in [0, 0.05) is 11.8 Å². The second kappa shape index (κ2) is 8.95. The standard InChI is InChI=1S/C24H23N3O5S/c1-14-5-7-17(11-15(14)2)27-23(29)22-18(9-10-33-22)26(24(27)30)13-21(28)25-16-6-8-19(31-3)20(12-16)32-4/h5-12H,13H2,1-4H3,(H,25,28). The van der Waals surface area contributed by atoms with Crippen LogP contribution in [-0.2, 0) is 11.3 Å². The maximum atomic E-state index is 13.4. The molecule has 0 aliphatic rings. The van der Waals surface area contributed by atoms with E-state index in [0.29, 0.717) is 33.1 Å². The number of ether oxygens (including phenoxy) is 2. The predicted molar refractivity (Wildman–Crippen MR) is 129 cm³/mol. The van der Waals surface area contributed by atoms with E-state index in [9.17, 15) is 14.4 Å². The molecule has 0 fully saturated rings. The lowest BCUT2D eigenvalue weighted by Crippen LogP contribution is -2.40. The van der Waals surface area contributed by atoms with Gasteiger partial charge in [0.1, 0.15) is 11.2 Å². The molecule has 0 atom stereocenters. The molecule has 4 rings (SSSR count). The fraction of sp³-hybridized carbons (Fsp3) is 0.208. The van der Waals surface area contributed by atoms with Crippen LogP contribution < -0.4 is 26.0 Å². The van der Waals surface area contributed by atoms with E-state index in [1.807, 2.05) is 19.9 Å². The quantitative estimate of drug-likeness (QED) is 0.471. The zero-order valence-corrected chi connectivity index (χ0v) is 19.5. The van der Waals surface area contributed by atoms with Gasteiger partial charge in [0.25, 0.3) is 5.56 Å². The van der Waals surface area contributed by atoms with Crippen LogP contribution in [0.15, 0.2) is 57.4 Å². The number of methoxy groups -OCH3 is 2. The highest BCUT2D eigenvalue weighted by Gasteiger charge is 2.18. The third-order valence-corrected chi connectivity index (χ3v) is 6.36. The van der Waals surface area contributed by atoms with E-state index in [1.165, 1.54) is 30.1 Å². The predicted octanol–water partition coefficient (Wildman–Crippen LogP) is 3.49. The lowest BCUT2D eigenvalue weighted by Gasteiger charge is -2.14. The van der Waals surface area contributed by atoms with Crippen LogP contribution >= 0.6 is 11.3 Å². The van der Waals surface area contributed by atoms with Crippen LogP contribution in [0.5, 0.6) is 11.5 Å². The Labute approximate surface area is 193 Å². The molecule has 2 aromatic heterocycles. The van der Waals surface area contributed by atoms with Gasteiger partial charge in [-0.3, -0.25) is 14.2 Å². The van der Waals surface area contributed by atoms with Gasteiger partial charge in [-0.25, -0.2) is 9.36 Å². The van der Waals surface area contributed by atoms with Gasteiger partial charge in [-0.05, 0) is 60.7 Å². The first kappa shape index (κ1) is 22.3. The van der Waals surface area contributed by atoms with Crippen LogP contribution in [0.4, 0.5) is 5.69 Å². The monoisotopic (exact) mass is 465 g/mol. The van der Waals surface area contributed by atoms with Crippen molar-refractivity contribution in [2.24, 2.45) is 0 Å². The van der Waals surface area contributed by atoms with Gasteiger partial charge in [0.15, 0.2) is 11.5 Å². The van der Waals surface area contributed by atoms with E-state index in [1.54, 1.807) is 41.8 Å². The third-order valence-electron chi connectivity index (χ3n) is 5.47. The van der Waals surface area contributed by atoms with Gasteiger partial charge in [-0.2, -0.15) is 0 Å². The molecular weight excluding hydrogens is 442 g/mol. The minimum atomic E-state index is -0.573. The average Bonchev–Trinajstić information content (AvgIpc) is 3.29. The highest BCUT2D eigenvalue weighted by molar-refractivity contribution is 7.17. The van der Waals surface area contributed by atoms with Crippen molar-refractivity contribution in [1.82, 2.24) is 9.13 Å². The maximum absolute atomic E-state index is 13.4. The Hall–Kier alpha value is -3.85. The van der Waals surface area contributed by atoms with Gasteiger partial charge in [0.05, 0.1) is 25.4 Å². The molecule has 2 aromatic carbocycles.